The molecule has 1 aliphatic rings. The SMILES string of the molecule is CC(C)(C)C(=O)OCSc1ccn([C@H]2C[C@H](O)[C@@H](CO)O2)c(=O)n1. The maximum Gasteiger partial charge on any atom is 0.350 e. The van der Waals surface area contributed by atoms with E-state index in [2.05, 4.69) is 4.98 Å². The van der Waals surface area contributed by atoms with E-state index in [4.69, 9.17) is 14.6 Å². The van der Waals surface area contributed by atoms with Gasteiger partial charge in [-0.25, -0.2) is 4.79 Å². The van der Waals surface area contributed by atoms with Gasteiger partial charge in [-0.1, -0.05) is 11.8 Å². The van der Waals surface area contributed by atoms with Gasteiger partial charge in [0.05, 0.1) is 18.1 Å². The molecule has 0 aromatic carbocycles. The van der Waals surface area contributed by atoms with Crippen molar-refractivity contribution in [3.05, 3.63) is 22.7 Å². The van der Waals surface area contributed by atoms with Gasteiger partial charge < -0.3 is 19.7 Å². The van der Waals surface area contributed by atoms with E-state index >= 15 is 0 Å². The Labute approximate surface area is 143 Å². The topological polar surface area (TPSA) is 111 Å². The zero-order valence-corrected chi connectivity index (χ0v) is 14.7. The Balaban J connectivity index is 1.96. The summed E-state index contributed by atoms with van der Waals surface area (Å²) in [4.78, 5) is 27.7. The molecule has 0 amide bonds. The lowest BCUT2D eigenvalue weighted by atomic mass is 9.98. The maximum atomic E-state index is 12.1. The van der Waals surface area contributed by atoms with Gasteiger partial charge in [-0.3, -0.25) is 9.36 Å². The molecule has 0 radical (unpaired) electrons. The smallest absolute Gasteiger partial charge is 0.350 e. The van der Waals surface area contributed by atoms with Gasteiger partial charge in [0, 0.05) is 12.6 Å². The molecule has 0 saturated carbocycles. The van der Waals surface area contributed by atoms with Crippen molar-refractivity contribution in [2.24, 2.45) is 5.41 Å². The van der Waals surface area contributed by atoms with Crippen LogP contribution in [0.2, 0.25) is 0 Å². The van der Waals surface area contributed by atoms with Gasteiger partial charge in [0.2, 0.25) is 0 Å². The molecule has 1 aliphatic heterocycles. The summed E-state index contributed by atoms with van der Waals surface area (Å²) in [6, 6.07) is 1.61. The van der Waals surface area contributed by atoms with Crippen LogP contribution < -0.4 is 5.69 Å². The van der Waals surface area contributed by atoms with Crippen molar-refractivity contribution < 1.29 is 24.5 Å². The largest absolute Gasteiger partial charge is 0.454 e. The van der Waals surface area contributed by atoms with Crippen LogP contribution in [-0.4, -0.2) is 50.5 Å². The number of aliphatic hydroxyl groups excluding tert-OH is 2. The standard InChI is InChI=1S/C15H22N2O6S/c1-15(2,3)13(20)22-8-24-11-4-5-17(14(21)16-11)12-6-9(19)10(7-18)23-12/h4-5,9-10,12,18-19H,6-8H2,1-3H3/t9-,10+,12+/m0/s1. The molecule has 0 aliphatic carbocycles. The van der Waals surface area contributed by atoms with E-state index in [-0.39, 0.29) is 24.9 Å². The first kappa shape index (κ1) is 18.9. The second kappa shape index (κ2) is 7.64. The molecule has 0 unspecified atom stereocenters. The summed E-state index contributed by atoms with van der Waals surface area (Å²) < 4.78 is 11.8. The molecule has 134 valence electrons. The molecular weight excluding hydrogens is 336 g/mol. The first-order valence-electron chi connectivity index (χ1n) is 7.56. The van der Waals surface area contributed by atoms with Gasteiger partial charge in [0.15, 0.2) is 0 Å². The number of rotatable bonds is 5. The fourth-order valence-electron chi connectivity index (χ4n) is 2.11. The van der Waals surface area contributed by atoms with Crippen molar-refractivity contribution in [3.8, 4) is 0 Å². The number of ether oxygens (including phenoxy) is 2. The first-order chi connectivity index (χ1) is 11.2. The van der Waals surface area contributed by atoms with E-state index in [1.54, 1.807) is 26.8 Å². The minimum Gasteiger partial charge on any atom is -0.454 e. The van der Waals surface area contributed by atoms with Crippen LogP contribution in [0, 0.1) is 5.41 Å². The van der Waals surface area contributed by atoms with Crippen molar-refractivity contribution in [2.45, 2.75) is 50.7 Å². The summed E-state index contributed by atoms with van der Waals surface area (Å²) >= 11 is 1.14. The highest BCUT2D eigenvalue weighted by molar-refractivity contribution is 7.99. The summed E-state index contributed by atoms with van der Waals surface area (Å²) in [5, 5.41) is 19.2. The van der Waals surface area contributed by atoms with Crippen LogP contribution in [0.15, 0.2) is 22.1 Å². The molecule has 2 heterocycles. The van der Waals surface area contributed by atoms with Crippen molar-refractivity contribution in [1.82, 2.24) is 9.55 Å². The predicted octanol–water partition coefficient (Wildman–Crippen LogP) is 0.523. The summed E-state index contributed by atoms with van der Waals surface area (Å²) in [6.45, 7) is 4.96. The molecule has 1 aromatic heterocycles. The minimum absolute atomic E-state index is 0.0672. The normalized spacial score (nSPS) is 24.1. The third-order valence-corrected chi connectivity index (χ3v) is 4.27. The molecule has 0 bridgehead atoms. The van der Waals surface area contributed by atoms with E-state index in [1.165, 1.54) is 10.8 Å². The zero-order valence-electron chi connectivity index (χ0n) is 13.8. The van der Waals surface area contributed by atoms with Crippen molar-refractivity contribution in [1.29, 1.82) is 0 Å². The molecule has 1 aromatic rings. The molecule has 8 nitrogen and oxygen atoms in total. The number of esters is 1. The summed E-state index contributed by atoms with van der Waals surface area (Å²) in [6.07, 6.45) is -0.455. The Morgan fingerprint density at radius 3 is 2.79 bits per heavy atom. The maximum absolute atomic E-state index is 12.1. The summed E-state index contributed by atoms with van der Waals surface area (Å²) in [5.74, 6) is -0.260. The molecule has 1 fully saturated rings. The minimum atomic E-state index is -0.822. The summed E-state index contributed by atoms with van der Waals surface area (Å²) in [7, 11) is 0. The van der Waals surface area contributed by atoms with Crippen LogP contribution in [-0.2, 0) is 14.3 Å². The van der Waals surface area contributed by atoms with Gasteiger partial charge in [-0.15, -0.1) is 0 Å². The highest BCUT2D eigenvalue weighted by Crippen LogP contribution is 2.27. The number of carbonyl (C=O) groups is 1. The van der Waals surface area contributed by atoms with Crippen molar-refractivity contribution >= 4 is 17.7 Å². The quantitative estimate of drug-likeness (QED) is 0.339. The van der Waals surface area contributed by atoms with E-state index in [0.717, 1.165) is 11.8 Å². The molecule has 3 atom stereocenters. The Bertz CT molecular complexity index is 642. The van der Waals surface area contributed by atoms with Crippen LogP contribution in [0.5, 0.6) is 0 Å². The Kier molecular flexibility index (Phi) is 6.02. The lowest BCUT2D eigenvalue weighted by molar-refractivity contribution is -0.150. The third kappa shape index (κ3) is 4.56. The van der Waals surface area contributed by atoms with Crippen LogP contribution in [0.4, 0.5) is 0 Å². The lowest BCUT2D eigenvalue weighted by Gasteiger charge is -2.16. The Morgan fingerprint density at radius 1 is 1.54 bits per heavy atom. The number of nitrogens with zero attached hydrogens (tertiary/aromatic N) is 2. The van der Waals surface area contributed by atoms with Crippen LogP contribution >= 0.6 is 11.8 Å². The van der Waals surface area contributed by atoms with Crippen molar-refractivity contribution in [2.75, 3.05) is 12.5 Å². The molecule has 1 saturated heterocycles. The Hall–Kier alpha value is -1.42. The summed E-state index contributed by atoms with van der Waals surface area (Å²) in [5.41, 5.74) is -1.11. The molecule has 2 rings (SSSR count). The molecule has 0 spiro atoms. The second-order valence-electron chi connectivity index (χ2n) is 6.51. The molecule has 9 heteroatoms. The lowest BCUT2D eigenvalue weighted by Crippen LogP contribution is -2.27. The number of aromatic nitrogens is 2. The van der Waals surface area contributed by atoms with Gasteiger partial charge >= 0.3 is 11.7 Å². The Morgan fingerprint density at radius 2 is 2.25 bits per heavy atom. The molecule has 24 heavy (non-hydrogen) atoms. The number of carbonyl (C=O) groups excluding carboxylic acids is 1. The fourth-order valence-corrected chi connectivity index (χ4v) is 2.69. The zero-order chi connectivity index (χ0) is 17.9. The van der Waals surface area contributed by atoms with Crippen molar-refractivity contribution in [3.63, 3.8) is 0 Å². The average Bonchev–Trinajstić information content (AvgIpc) is 2.87. The number of hydrogen-bond donors (Lipinski definition) is 2. The third-order valence-electron chi connectivity index (χ3n) is 3.51. The van der Waals surface area contributed by atoms with Crippen LogP contribution in [0.25, 0.3) is 0 Å². The highest BCUT2D eigenvalue weighted by atomic mass is 32.2. The van der Waals surface area contributed by atoms with Gasteiger partial charge in [-0.05, 0) is 26.8 Å². The van der Waals surface area contributed by atoms with Gasteiger partial charge in [0.1, 0.15) is 23.3 Å². The van der Waals surface area contributed by atoms with E-state index in [0.29, 0.717) is 5.03 Å². The molecular formula is C15H22N2O6S. The number of thioether (sulfide) groups is 1. The number of aliphatic hydroxyl groups is 2. The van der Waals surface area contributed by atoms with Crippen LogP contribution in [0.1, 0.15) is 33.4 Å². The van der Waals surface area contributed by atoms with E-state index in [1.807, 2.05) is 0 Å². The second-order valence-corrected chi connectivity index (χ2v) is 7.46. The first-order valence-corrected chi connectivity index (χ1v) is 8.54. The number of hydrogen-bond acceptors (Lipinski definition) is 8. The monoisotopic (exact) mass is 358 g/mol. The average molecular weight is 358 g/mol. The van der Waals surface area contributed by atoms with Gasteiger partial charge in [0.25, 0.3) is 0 Å². The predicted molar refractivity (Wildman–Crippen MR) is 86.4 cm³/mol. The van der Waals surface area contributed by atoms with Gasteiger partial charge in [-0.2, -0.15) is 4.98 Å². The highest BCUT2D eigenvalue weighted by Gasteiger charge is 2.34. The molecule has 2 N–H and O–H groups in total. The van der Waals surface area contributed by atoms with E-state index in [9.17, 15) is 14.7 Å². The van der Waals surface area contributed by atoms with Crippen LogP contribution in [0.3, 0.4) is 0 Å². The van der Waals surface area contributed by atoms with E-state index < -0.39 is 29.5 Å². The fraction of sp³-hybridized carbons (Fsp3) is 0.667.